The third kappa shape index (κ3) is 3.53. The van der Waals surface area contributed by atoms with Gasteiger partial charge in [-0.15, -0.1) is 0 Å². The van der Waals surface area contributed by atoms with Gasteiger partial charge in [0.2, 0.25) is 0 Å². The summed E-state index contributed by atoms with van der Waals surface area (Å²) in [6.45, 7) is 1.79. The summed E-state index contributed by atoms with van der Waals surface area (Å²) in [5.74, 6) is -0.149. The number of hydrogen-bond acceptors (Lipinski definition) is 2. The summed E-state index contributed by atoms with van der Waals surface area (Å²) < 4.78 is 0.908. The predicted molar refractivity (Wildman–Crippen MR) is 82.5 cm³/mol. The molecule has 0 heterocycles. The fraction of sp³-hybridized carbons (Fsp3) is 0.273. The smallest absolute Gasteiger partial charge is 0.254 e. The Morgan fingerprint density at radius 2 is 2.18 bits per heavy atom. The zero-order valence-corrected chi connectivity index (χ0v) is 13.1. The molecular weight excluding hydrogens is 371 g/mol. The summed E-state index contributed by atoms with van der Waals surface area (Å²) >= 11 is 13.0. The number of rotatable bonds is 3. The number of amides is 1. The zero-order valence-electron chi connectivity index (χ0n) is 9.41. The van der Waals surface area contributed by atoms with E-state index in [2.05, 4.69) is 22.6 Å². The molecule has 1 aromatic carbocycles. The Morgan fingerprint density at radius 3 is 2.65 bits per heavy atom. The first-order valence-electron chi connectivity index (χ1n) is 4.86. The van der Waals surface area contributed by atoms with E-state index < -0.39 is 0 Å². The zero-order chi connectivity index (χ0) is 13.2. The van der Waals surface area contributed by atoms with Crippen LogP contribution >= 0.6 is 46.4 Å². The van der Waals surface area contributed by atoms with Crippen LogP contribution in [0.3, 0.4) is 0 Å². The first-order chi connectivity index (χ1) is 7.84. The first kappa shape index (κ1) is 14.7. The number of carbonyl (C=O) groups is 1. The molecule has 3 nitrogen and oxygen atoms in total. The van der Waals surface area contributed by atoms with Crippen LogP contribution in [-0.2, 0) is 0 Å². The highest BCUT2D eigenvalue weighted by Gasteiger charge is 2.19. The molecule has 0 saturated heterocycles. The van der Waals surface area contributed by atoms with E-state index in [1.165, 1.54) is 4.90 Å². The van der Waals surface area contributed by atoms with Gasteiger partial charge in [-0.2, -0.15) is 0 Å². The molecule has 92 valence electrons. The van der Waals surface area contributed by atoms with Crippen LogP contribution in [0.5, 0.6) is 0 Å². The lowest BCUT2D eigenvalue weighted by molar-refractivity contribution is 0.0779. The largest absolute Gasteiger partial charge is 0.392 e. The number of benzene rings is 1. The van der Waals surface area contributed by atoms with Crippen LogP contribution in [0.25, 0.3) is 0 Å². The Hall–Kier alpha value is -0.400. The van der Waals surface area contributed by atoms with Crippen molar-refractivity contribution in [2.24, 2.45) is 5.73 Å². The average Bonchev–Trinajstić information content (AvgIpc) is 2.29. The minimum atomic E-state index is -0.282. The molecule has 1 unspecified atom stereocenters. The van der Waals surface area contributed by atoms with Gasteiger partial charge in [-0.25, -0.2) is 0 Å². The SMILES string of the molecule is CC(C(N)=S)N(C)C(=O)c1ccc(I)c(Cl)c1. The second-order valence-electron chi connectivity index (χ2n) is 3.62. The van der Waals surface area contributed by atoms with Gasteiger partial charge in [0.25, 0.3) is 5.91 Å². The van der Waals surface area contributed by atoms with E-state index in [1.54, 1.807) is 32.2 Å². The molecule has 1 aromatic rings. The molecule has 1 rings (SSSR count). The lowest BCUT2D eigenvalue weighted by atomic mass is 10.2. The van der Waals surface area contributed by atoms with Crippen LogP contribution < -0.4 is 5.73 Å². The molecule has 0 bridgehead atoms. The minimum Gasteiger partial charge on any atom is -0.392 e. The summed E-state index contributed by atoms with van der Waals surface area (Å²) in [5.41, 5.74) is 6.05. The molecule has 2 N–H and O–H groups in total. The van der Waals surface area contributed by atoms with Crippen LogP contribution in [0.4, 0.5) is 0 Å². The van der Waals surface area contributed by atoms with E-state index in [-0.39, 0.29) is 16.9 Å². The van der Waals surface area contributed by atoms with E-state index in [0.29, 0.717) is 10.6 Å². The van der Waals surface area contributed by atoms with Crippen molar-refractivity contribution in [1.82, 2.24) is 4.90 Å². The lowest BCUT2D eigenvalue weighted by Crippen LogP contribution is -2.42. The molecule has 0 saturated carbocycles. The Bertz CT molecular complexity index is 467. The molecule has 0 aliphatic rings. The molecule has 17 heavy (non-hydrogen) atoms. The van der Waals surface area contributed by atoms with Crippen molar-refractivity contribution in [2.45, 2.75) is 13.0 Å². The Kier molecular flexibility index (Phi) is 5.15. The van der Waals surface area contributed by atoms with Gasteiger partial charge >= 0.3 is 0 Å². The van der Waals surface area contributed by atoms with Crippen LogP contribution in [0.1, 0.15) is 17.3 Å². The van der Waals surface area contributed by atoms with Crippen molar-refractivity contribution in [3.63, 3.8) is 0 Å². The predicted octanol–water partition coefficient (Wildman–Crippen LogP) is 2.69. The van der Waals surface area contributed by atoms with Crippen molar-refractivity contribution in [2.75, 3.05) is 7.05 Å². The standard InChI is InChI=1S/C11H12ClIN2OS/c1-6(10(14)17)15(2)11(16)7-3-4-9(13)8(12)5-7/h3-6H,1-2H3,(H2,14,17). The van der Waals surface area contributed by atoms with Crippen molar-refractivity contribution in [1.29, 1.82) is 0 Å². The van der Waals surface area contributed by atoms with Gasteiger partial charge in [0.05, 0.1) is 16.1 Å². The van der Waals surface area contributed by atoms with Crippen molar-refractivity contribution in [3.8, 4) is 0 Å². The molecule has 6 heteroatoms. The number of thiocarbonyl (C=S) groups is 1. The molecule has 0 fully saturated rings. The Labute approximate surface area is 124 Å². The van der Waals surface area contributed by atoms with Gasteiger partial charge in [-0.1, -0.05) is 23.8 Å². The van der Waals surface area contributed by atoms with Crippen molar-refractivity contribution in [3.05, 3.63) is 32.4 Å². The average molecular weight is 383 g/mol. The van der Waals surface area contributed by atoms with Crippen LogP contribution in [0.2, 0.25) is 5.02 Å². The summed E-state index contributed by atoms with van der Waals surface area (Å²) in [6.07, 6.45) is 0. The molecule has 0 spiro atoms. The maximum atomic E-state index is 12.1. The third-order valence-electron chi connectivity index (χ3n) is 2.48. The van der Waals surface area contributed by atoms with Gasteiger partial charge in [0.1, 0.15) is 0 Å². The van der Waals surface area contributed by atoms with Crippen molar-refractivity contribution < 1.29 is 4.79 Å². The highest BCUT2D eigenvalue weighted by Crippen LogP contribution is 2.20. The number of carbonyl (C=O) groups excluding carboxylic acids is 1. The van der Waals surface area contributed by atoms with Crippen molar-refractivity contribution >= 4 is 57.3 Å². The van der Waals surface area contributed by atoms with E-state index >= 15 is 0 Å². The maximum Gasteiger partial charge on any atom is 0.254 e. The molecule has 0 aliphatic carbocycles. The van der Waals surface area contributed by atoms with Gasteiger partial charge in [-0.05, 0) is 47.7 Å². The van der Waals surface area contributed by atoms with E-state index in [9.17, 15) is 4.79 Å². The van der Waals surface area contributed by atoms with Gasteiger partial charge < -0.3 is 10.6 Å². The topological polar surface area (TPSA) is 46.3 Å². The van der Waals surface area contributed by atoms with Crippen LogP contribution in [0.15, 0.2) is 18.2 Å². The van der Waals surface area contributed by atoms with E-state index in [4.69, 9.17) is 29.6 Å². The summed E-state index contributed by atoms with van der Waals surface area (Å²) in [7, 11) is 1.66. The molecule has 1 atom stereocenters. The molecule has 1 amide bonds. The van der Waals surface area contributed by atoms with E-state index in [1.807, 2.05) is 0 Å². The summed E-state index contributed by atoms with van der Waals surface area (Å²) in [6, 6.07) is 4.90. The minimum absolute atomic E-state index is 0.149. The third-order valence-corrected chi connectivity index (χ3v) is 4.39. The second-order valence-corrected chi connectivity index (χ2v) is 5.66. The first-order valence-corrected chi connectivity index (χ1v) is 6.72. The quantitative estimate of drug-likeness (QED) is 0.646. The molecule has 0 aliphatic heterocycles. The fourth-order valence-corrected chi connectivity index (χ4v) is 1.87. The molecule has 0 radical (unpaired) electrons. The number of hydrogen-bond donors (Lipinski definition) is 1. The Balaban J connectivity index is 2.96. The molecule has 0 aromatic heterocycles. The normalized spacial score (nSPS) is 12.0. The van der Waals surface area contributed by atoms with Gasteiger partial charge in [-0.3, -0.25) is 4.79 Å². The lowest BCUT2D eigenvalue weighted by Gasteiger charge is -2.24. The van der Waals surface area contributed by atoms with Gasteiger partial charge in [0, 0.05) is 16.2 Å². The highest BCUT2D eigenvalue weighted by atomic mass is 127. The maximum absolute atomic E-state index is 12.1. The molecular formula is C11H12ClIN2OS. The summed E-state index contributed by atoms with van der Waals surface area (Å²) in [4.78, 5) is 13.9. The fourth-order valence-electron chi connectivity index (χ4n) is 1.20. The summed E-state index contributed by atoms with van der Waals surface area (Å²) in [5, 5.41) is 0.563. The van der Waals surface area contributed by atoms with Crippen LogP contribution in [-0.4, -0.2) is 28.9 Å². The van der Waals surface area contributed by atoms with Crippen LogP contribution in [0, 0.1) is 3.57 Å². The monoisotopic (exact) mass is 382 g/mol. The number of likely N-dealkylation sites (N-methyl/N-ethyl adjacent to an activating group) is 1. The number of nitrogens with zero attached hydrogens (tertiary/aromatic N) is 1. The number of halogens is 2. The van der Waals surface area contributed by atoms with E-state index in [0.717, 1.165) is 3.57 Å². The van der Waals surface area contributed by atoms with Gasteiger partial charge in [0.15, 0.2) is 0 Å². The Morgan fingerprint density at radius 1 is 1.59 bits per heavy atom. The second kappa shape index (κ2) is 5.97. The number of nitrogens with two attached hydrogens (primary N) is 1. The highest BCUT2D eigenvalue weighted by molar-refractivity contribution is 14.1.